The van der Waals surface area contributed by atoms with Gasteiger partial charge in [-0.15, -0.1) is 0 Å². The van der Waals surface area contributed by atoms with E-state index in [1.54, 1.807) is 4.68 Å². The van der Waals surface area contributed by atoms with Gasteiger partial charge in [-0.2, -0.15) is 5.10 Å². The SMILES string of the molecule is Cn1ccc(CN)n1. The molecular formula is C5H9N3. The van der Waals surface area contributed by atoms with Crippen LogP contribution in [0.25, 0.3) is 0 Å². The van der Waals surface area contributed by atoms with Crippen molar-refractivity contribution in [3.63, 3.8) is 0 Å². The van der Waals surface area contributed by atoms with E-state index in [9.17, 15) is 0 Å². The predicted octanol–water partition coefficient (Wildman–Crippen LogP) is -0.121. The van der Waals surface area contributed by atoms with Gasteiger partial charge >= 0.3 is 0 Å². The maximum Gasteiger partial charge on any atom is 0.0760 e. The molecule has 0 aliphatic heterocycles. The molecule has 2 N–H and O–H groups in total. The van der Waals surface area contributed by atoms with Crippen LogP contribution in [0, 0.1) is 0 Å². The van der Waals surface area contributed by atoms with Crippen molar-refractivity contribution in [3.8, 4) is 0 Å². The molecule has 3 heteroatoms. The van der Waals surface area contributed by atoms with Crippen LogP contribution in [0.3, 0.4) is 0 Å². The Balaban J connectivity index is 2.84. The highest BCUT2D eigenvalue weighted by Gasteiger charge is 1.88. The summed E-state index contributed by atoms with van der Waals surface area (Å²) in [6.07, 6.45) is 1.88. The predicted molar refractivity (Wildman–Crippen MR) is 31.1 cm³/mol. The topological polar surface area (TPSA) is 43.8 Å². The molecule has 0 bridgehead atoms. The van der Waals surface area contributed by atoms with Crippen molar-refractivity contribution < 1.29 is 0 Å². The Morgan fingerprint density at radius 1 is 1.88 bits per heavy atom. The zero-order valence-electron chi connectivity index (χ0n) is 4.83. The summed E-state index contributed by atoms with van der Waals surface area (Å²) in [7, 11) is 1.87. The fraction of sp³-hybridized carbons (Fsp3) is 0.400. The van der Waals surface area contributed by atoms with Crippen molar-refractivity contribution in [2.75, 3.05) is 0 Å². The highest BCUT2D eigenvalue weighted by atomic mass is 15.2. The summed E-state index contributed by atoms with van der Waals surface area (Å²) in [5.41, 5.74) is 6.22. The van der Waals surface area contributed by atoms with Gasteiger partial charge in [0.2, 0.25) is 0 Å². The number of rotatable bonds is 1. The van der Waals surface area contributed by atoms with Gasteiger partial charge in [-0.25, -0.2) is 0 Å². The van der Waals surface area contributed by atoms with Gasteiger partial charge in [0, 0.05) is 19.8 Å². The Bertz CT molecular complexity index is 168. The smallest absolute Gasteiger partial charge is 0.0760 e. The molecule has 0 saturated heterocycles. The summed E-state index contributed by atoms with van der Waals surface area (Å²) in [4.78, 5) is 0. The lowest BCUT2D eigenvalue weighted by atomic mass is 10.4. The van der Waals surface area contributed by atoms with E-state index in [1.807, 2.05) is 19.3 Å². The molecule has 0 spiro atoms. The normalized spacial score (nSPS) is 9.75. The monoisotopic (exact) mass is 111 g/mol. The number of hydrogen-bond acceptors (Lipinski definition) is 2. The first-order valence-corrected chi connectivity index (χ1v) is 2.51. The van der Waals surface area contributed by atoms with E-state index in [1.165, 1.54) is 0 Å². The second-order valence-corrected chi connectivity index (χ2v) is 1.68. The Morgan fingerprint density at radius 2 is 2.62 bits per heavy atom. The third-order valence-electron chi connectivity index (χ3n) is 0.978. The molecule has 0 aliphatic rings. The Hall–Kier alpha value is -0.830. The van der Waals surface area contributed by atoms with Crippen LogP contribution < -0.4 is 5.73 Å². The molecule has 8 heavy (non-hydrogen) atoms. The molecule has 0 aliphatic carbocycles. The number of nitrogens with zero attached hydrogens (tertiary/aromatic N) is 2. The van der Waals surface area contributed by atoms with Gasteiger partial charge in [0.05, 0.1) is 5.69 Å². The van der Waals surface area contributed by atoms with Gasteiger partial charge in [-0.1, -0.05) is 0 Å². The Morgan fingerprint density at radius 3 is 2.88 bits per heavy atom. The highest BCUT2D eigenvalue weighted by molar-refractivity contribution is 4.96. The van der Waals surface area contributed by atoms with Gasteiger partial charge in [0.1, 0.15) is 0 Å². The molecule has 1 heterocycles. The second-order valence-electron chi connectivity index (χ2n) is 1.68. The van der Waals surface area contributed by atoms with Crippen molar-refractivity contribution in [1.29, 1.82) is 0 Å². The lowest BCUT2D eigenvalue weighted by Gasteiger charge is -1.84. The summed E-state index contributed by atoms with van der Waals surface area (Å²) in [6.45, 7) is 0.529. The standard InChI is InChI=1S/C5H9N3/c1-8-3-2-5(4-6)7-8/h2-3H,4,6H2,1H3. The summed E-state index contributed by atoms with van der Waals surface area (Å²) >= 11 is 0. The van der Waals surface area contributed by atoms with Crippen LogP contribution in [0.1, 0.15) is 5.69 Å². The molecule has 0 fully saturated rings. The molecular weight excluding hydrogens is 102 g/mol. The zero-order valence-corrected chi connectivity index (χ0v) is 4.83. The van der Waals surface area contributed by atoms with Crippen LogP contribution in [-0.2, 0) is 13.6 Å². The lowest BCUT2D eigenvalue weighted by molar-refractivity contribution is 0.742. The molecule has 0 aromatic carbocycles. The van der Waals surface area contributed by atoms with E-state index in [0.29, 0.717) is 6.54 Å². The van der Waals surface area contributed by atoms with Crippen LogP contribution in [0.4, 0.5) is 0 Å². The van der Waals surface area contributed by atoms with Crippen molar-refractivity contribution in [2.24, 2.45) is 12.8 Å². The molecule has 0 atom stereocenters. The largest absolute Gasteiger partial charge is 0.325 e. The zero-order chi connectivity index (χ0) is 5.98. The Kier molecular flexibility index (Phi) is 1.30. The molecule has 0 amide bonds. The summed E-state index contributed by atoms with van der Waals surface area (Å²) < 4.78 is 1.74. The van der Waals surface area contributed by atoms with Crippen molar-refractivity contribution >= 4 is 0 Å². The molecule has 3 nitrogen and oxygen atoms in total. The average molecular weight is 111 g/mol. The fourth-order valence-corrected chi connectivity index (χ4v) is 0.572. The minimum atomic E-state index is 0.529. The van der Waals surface area contributed by atoms with E-state index in [4.69, 9.17) is 5.73 Å². The summed E-state index contributed by atoms with van der Waals surface area (Å²) in [6, 6.07) is 1.90. The first-order valence-electron chi connectivity index (χ1n) is 2.51. The minimum absolute atomic E-state index is 0.529. The van der Waals surface area contributed by atoms with E-state index >= 15 is 0 Å². The number of nitrogens with two attached hydrogens (primary N) is 1. The van der Waals surface area contributed by atoms with Gasteiger partial charge in [-0.3, -0.25) is 4.68 Å². The lowest BCUT2D eigenvalue weighted by Crippen LogP contribution is -1.98. The molecule has 0 unspecified atom stereocenters. The molecule has 0 saturated carbocycles. The molecule has 1 rings (SSSR count). The van der Waals surface area contributed by atoms with Crippen molar-refractivity contribution in [2.45, 2.75) is 6.54 Å². The molecule has 0 radical (unpaired) electrons. The molecule has 1 aromatic heterocycles. The Labute approximate surface area is 48.1 Å². The summed E-state index contributed by atoms with van der Waals surface area (Å²) in [5.74, 6) is 0. The number of aromatic nitrogens is 2. The third kappa shape index (κ3) is 0.869. The van der Waals surface area contributed by atoms with Crippen molar-refractivity contribution in [3.05, 3.63) is 18.0 Å². The van der Waals surface area contributed by atoms with Gasteiger partial charge in [0.15, 0.2) is 0 Å². The van der Waals surface area contributed by atoms with Crippen LogP contribution in [0.15, 0.2) is 12.3 Å². The van der Waals surface area contributed by atoms with E-state index in [2.05, 4.69) is 5.10 Å². The molecule has 1 aromatic rings. The first kappa shape index (κ1) is 5.31. The first-order chi connectivity index (χ1) is 3.83. The summed E-state index contributed by atoms with van der Waals surface area (Å²) in [5, 5.41) is 4.02. The van der Waals surface area contributed by atoms with E-state index < -0.39 is 0 Å². The fourth-order valence-electron chi connectivity index (χ4n) is 0.572. The third-order valence-corrected chi connectivity index (χ3v) is 0.978. The van der Waals surface area contributed by atoms with Crippen LogP contribution in [-0.4, -0.2) is 9.78 Å². The van der Waals surface area contributed by atoms with Crippen molar-refractivity contribution in [1.82, 2.24) is 9.78 Å². The van der Waals surface area contributed by atoms with E-state index in [0.717, 1.165) is 5.69 Å². The highest BCUT2D eigenvalue weighted by Crippen LogP contribution is 1.89. The van der Waals surface area contributed by atoms with Gasteiger partial charge < -0.3 is 5.73 Å². The average Bonchev–Trinajstić information content (AvgIpc) is 2.14. The maximum atomic E-state index is 5.29. The van der Waals surface area contributed by atoms with Gasteiger partial charge in [0.25, 0.3) is 0 Å². The van der Waals surface area contributed by atoms with E-state index in [-0.39, 0.29) is 0 Å². The number of aryl methyl sites for hydroxylation is 1. The van der Waals surface area contributed by atoms with Gasteiger partial charge in [-0.05, 0) is 6.07 Å². The number of hydrogen-bond donors (Lipinski definition) is 1. The molecule has 44 valence electrons. The maximum absolute atomic E-state index is 5.29. The minimum Gasteiger partial charge on any atom is -0.325 e. The van der Waals surface area contributed by atoms with Crippen LogP contribution in [0.2, 0.25) is 0 Å². The second kappa shape index (κ2) is 1.96. The van der Waals surface area contributed by atoms with Crippen LogP contribution in [0.5, 0.6) is 0 Å². The van der Waals surface area contributed by atoms with Crippen LogP contribution >= 0.6 is 0 Å². The quantitative estimate of drug-likeness (QED) is 0.549.